The minimum Gasteiger partial charge on any atom is -0.331 e. The van der Waals surface area contributed by atoms with Gasteiger partial charge in [0.1, 0.15) is 11.5 Å². The van der Waals surface area contributed by atoms with Crippen LogP contribution in [-0.2, 0) is 0 Å². The highest BCUT2D eigenvalue weighted by molar-refractivity contribution is 7.09. The molecule has 1 unspecified atom stereocenters. The number of nitrogens with zero attached hydrogens (tertiary/aromatic N) is 2. The van der Waals surface area contributed by atoms with E-state index in [2.05, 4.69) is 4.98 Å². The van der Waals surface area contributed by atoms with Crippen molar-refractivity contribution in [2.75, 3.05) is 6.54 Å². The molecule has 1 heterocycles. The van der Waals surface area contributed by atoms with Crippen LogP contribution in [-0.4, -0.2) is 22.3 Å². The Labute approximate surface area is 122 Å². The van der Waals surface area contributed by atoms with Crippen LogP contribution >= 0.6 is 11.3 Å². The van der Waals surface area contributed by atoms with E-state index in [1.807, 2.05) is 20.8 Å². The van der Waals surface area contributed by atoms with E-state index in [-0.39, 0.29) is 17.8 Å². The van der Waals surface area contributed by atoms with Crippen molar-refractivity contribution in [3.8, 4) is 0 Å². The number of aryl methyl sites for hydroxylation is 1. The number of amides is 1. The molecule has 2 aromatic rings. The zero-order valence-electron chi connectivity index (χ0n) is 11.8. The summed E-state index contributed by atoms with van der Waals surface area (Å²) in [5.41, 5.74) is 1.39. The van der Waals surface area contributed by atoms with Crippen LogP contribution in [0.1, 0.15) is 40.9 Å². The summed E-state index contributed by atoms with van der Waals surface area (Å²) in [5, 5.41) is 2.65. The lowest BCUT2D eigenvalue weighted by molar-refractivity contribution is 0.0697. The van der Waals surface area contributed by atoms with Crippen LogP contribution in [0.2, 0.25) is 0 Å². The fourth-order valence-electron chi connectivity index (χ4n) is 2.12. The molecule has 0 N–H and O–H groups in total. The molecule has 3 nitrogen and oxygen atoms in total. The molecule has 1 amide bonds. The average Bonchev–Trinajstić information content (AvgIpc) is 2.86. The van der Waals surface area contributed by atoms with Gasteiger partial charge >= 0.3 is 0 Å². The molecule has 2 rings (SSSR count). The van der Waals surface area contributed by atoms with Crippen molar-refractivity contribution in [2.24, 2.45) is 0 Å². The van der Waals surface area contributed by atoms with Crippen molar-refractivity contribution >= 4 is 17.2 Å². The highest BCUT2D eigenvalue weighted by atomic mass is 32.1. The predicted octanol–water partition coefficient (Wildman–Crippen LogP) is 3.81. The quantitative estimate of drug-likeness (QED) is 0.858. The van der Waals surface area contributed by atoms with Gasteiger partial charge in [-0.3, -0.25) is 4.79 Å². The van der Waals surface area contributed by atoms with Crippen LogP contribution in [0.3, 0.4) is 0 Å². The lowest BCUT2D eigenvalue weighted by Crippen LogP contribution is -2.33. The van der Waals surface area contributed by atoms with Crippen LogP contribution < -0.4 is 0 Å². The van der Waals surface area contributed by atoms with Gasteiger partial charge in [0.15, 0.2) is 0 Å². The van der Waals surface area contributed by atoms with Crippen LogP contribution in [0.4, 0.5) is 4.39 Å². The van der Waals surface area contributed by atoms with E-state index in [9.17, 15) is 9.18 Å². The number of benzene rings is 1. The van der Waals surface area contributed by atoms with Crippen LogP contribution in [0.5, 0.6) is 0 Å². The SMILES string of the molecule is CCN(C(=O)c1csc(C)n1)C(C)c1ccc(F)cc1. The van der Waals surface area contributed by atoms with Crippen LogP contribution in [0, 0.1) is 12.7 Å². The number of carbonyl (C=O) groups is 1. The first-order valence-corrected chi connectivity index (χ1v) is 7.39. The fraction of sp³-hybridized carbons (Fsp3) is 0.333. The summed E-state index contributed by atoms with van der Waals surface area (Å²) in [7, 11) is 0. The molecule has 0 aliphatic carbocycles. The minimum atomic E-state index is -0.273. The molecular formula is C15H17FN2OS. The Bertz CT molecular complexity index is 594. The average molecular weight is 292 g/mol. The first-order valence-electron chi connectivity index (χ1n) is 6.51. The maximum Gasteiger partial charge on any atom is 0.273 e. The monoisotopic (exact) mass is 292 g/mol. The van der Waals surface area contributed by atoms with Gasteiger partial charge in [0.05, 0.1) is 11.0 Å². The fourth-order valence-corrected chi connectivity index (χ4v) is 2.71. The Morgan fingerprint density at radius 1 is 1.40 bits per heavy atom. The highest BCUT2D eigenvalue weighted by Crippen LogP contribution is 2.23. The number of halogens is 1. The maximum absolute atomic E-state index is 13.0. The van der Waals surface area contributed by atoms with E-state index in [4.69, 9.17) is 0 Å². The molecule has 106 valence electrons. The van der Waals surface area contributed by atoms with Crippen LogP contribution in [0.25, 0.3) is 0 Å². The molecule has 0 spiro atoms. The zero-order chi connectivity index (χ0) is 14.7. The second-order valence-electron chi connectivity index (χ2n) is 4.57. The Hall–Kier alpha value is -1.75. The van der Waals surface area contributed by atoms with Gasteiger partial charge in [-0.05, 0) is 38.5 Å². The molecule has 0 radical (unpaired) electrons. The Morgan fingerprint density at radius 2 is 2.05 bits per heavy atom. The summed E-state index contributed by atoms with van der Waals surface area (Å²) in [6.45, 7) is 6.32. The molecule has 1 aromatic carbocycles. The smallest absolute Gasteiger partial charge is 0.273 e. The maximum atomic E-state index is 13.0. The van der Waals surface area contributed by atoms with Gasteiger partial charge in [-0.25, -0.2) is 9.37 Å². The number of thiazole rings is 1. The Balaban J connectivity index is 2.23. The van der Waals surface area contributed by atoms with Crippen molar-refractivity contribution < 1.29 is 9.18 Å². The number of carbonyl (C=O) groups excluding carboxylic acids is 1. The van der Waals surface area contributed by atoms with E-state index < -0.39 is 0 Å². The molecule has 1 atom stereocenters. The van der Waals surface area contributed by atoms with E-state index in [0.29, 0.717) is 12.2 Å². The van der Waals surface area contributed by atoms with E-state index in [0.717, 1.165) is 10.6 Å². The summed E-state index contributed by atoms with van der Waals surface area (Å²) < 4.78 is 13.0. The largest absolute Gasteiger partial charge is 0.331 e. The number of rotatable bonds is 4. The molecule has 0 saturated heterocycles. The molecule has 0 saturated carbocycles. The second-order valence-corrected chi connectivity index (χ2v) is 5.63. The van der Waals surface area contributed by atoms with Gasteiger partial charge in [0.25, 0.3) is 5.91 Å². The second kappa shape index (κ2) is 6.13. The molecule has 0 fully saturated rings. The van der Waals surface area contributed by atoms with Crippen molar-refractivity contribution in [3.63, 3.8) is 0 Å². The Morgan fingerprint density at radius 3 is 2.55 bits per heavy atom. The lowest BCUT2D eigenvalue weighted by atomic mass is 10.1. The van der Waals surface area contributed by atoms with Crippen LogP contribution in [0.15, 0.2) is 29.6 Å². The third-order valence-corrected chi connectivity index (χ3v) is 4.03. The van der Waals surface area contributed by atoms with Gasteiger partial charge in [-0.1, -0.05) is 12.1 Å². The zero-order valence-corrected chi connectivity index (χ0v) is 12.6. The molecule has 20 heavy (non-hydrogen) atoms. The third-order valence-electron chi connectivity index (χ3n) is 3.26. The Kier molecular flexibility index (Phi) is 4.49. The van der Waals surface area contributed by atoms with E-state index in [1.165, 1.54) is 23.5 Å². The van der Waals surface area contributed by atoms with Gasteiger partial charge < -0.3 is 4.90 Å². The summed E-state index contributed by atoms with van der Waals surface area (Å²) >= 11 is 1.46. The van der Waals surface area contributed by atoms with Crippen molar-refractivity contribution in [3.05, 3.63) is 51.7 Å². The topological polar surface area (TPSA) is 33.2 Å². The van der Waals surface area contributed by atoms with Crippen molar-refractivity contribution in [1.29, 1.82) is 0 Å². The predicted molar refractivity (Wildman–Crippen MR) is 78.4 cm³/mol. The summed E-state index contributed by atoms with van der Waals surface area (Å²) in [4.78, 5) is 18.4. The number of aromatic nitrogens is 1. The summed E-state index contributed by atoms with van der Waals surface area (Å²) in [6.07, 6.45) is 0. The normalized spacial score (nSPS) is 12.2. The highest BCUT2D eigenvalue weighted by Gasteiger charge is 2.22. The molecule has 0 bridgehead atoms. The minimum absolute atomic E-state index is 0.0892. The third kappa shape index (κ3) is 3.04. The summed E-state index contributed by atoms with van der Waals surface area (Å²) in [6, 6.07) is 6.13. The van der Waals surface area contributed by atoms with Gasteiger partial charge in [0, 0.05) is 11.9 Å². The molecular weight excluding hydrogens is 275 g/mol. The number of hydrogen-bond acceptors (Lipinski definition) is 3. The first-order chi connectivity index (χ1) is 9.52. The summed E-state index contributed by atoms with van der Waals surface area (Å²) in [5.74, 6) is -0.362. The van der Waals surface area contributed by atoms with E-state index >= 15 is 0 Å². The molecule has 0 aliphatic heterocycles. The molecule has 5 heteroatoms. The van der Waals surface area contributed by atoms with Gasteiger partial charge in [-0.2, -0.15) is 0 Å². The molecule has 1 aromatic heterocycles. The first kappa shape index (κ1) is 14.7. The standard InChI is InChI=1S/C15H17FN2OS/c1-4-18(15(19)14-9-20-11(3)17-14)10(2)12-5-7-13(16)8-6-12/h5-10H,4H2,1-3H3. The number of hydrogen-bond donors (Lipinski definition) is 0. The van der Waals surface area contributed by atoms with Crippen molar-refractivity contribution in [1.82, 2.24) is 9.88 Å². The van der Waals surface area contributed by atoms with Gasteiger partial charge in [-0.15, -0.1) is 11.3 Å². The van der Waals surface area contributed by atoms with E-state index in [1.54, 1.807) is 22.4 Å². The van der Waals surface area contributed by atoms with Crippen molar-refractivity contribution in [2.45, 2.75) is 26.8 Å². The van der Waals surface area contributed by atoms with Gasteiger partial charge in [0.2, 0.25) is 0 Å². The molecule has 0 aliphatic rings. The lowest BCUT2D eigenvalue weighted by Gasteiger charge is -2.27.